The second-order valence-corrected chi connectivity index (χ2v) is 35.2. The van der Waals surface area contributed by atoms with Crippen LogP contribution in [0.1, 0.15) is 104 Å². The Hall–Kier alpha value is -11.7. The van der Waals surface area contributed by atoms with E-state index in [2.05, 4.69) is 195 Å². The normalized spacial score (nSPS) is 20.0. The molecular formula is C89H120Cl9N35. The van der Waals surface area contributed by atoms with Crippen molar-refractivity contribution in [2.75, 3.05) is 66.0 Å². The van der Waals surface area contributed by atoms with Crippen LogP contribution in [0.4, 0.5) is 11.4 Å². The zero-order valence-corrected chi connectivity index (χ0v) is 84.1. The van der Waals surface area contributed by atoms with Crippen LogP contribution in [0.15, 0.2) is 228 Å². The van der Waals surface area contributed by atoms with Gasteiger partial charge < -0.3 is 74.0 Å². The lowest BCUT2D eigenvalue weighted by molar-refractivity contribution is 0.559. The molecule has 44 heteroatoms. The number of benzene rings is 7. The predicted octanol–water partition coefficient (Wildman–Crippen LogP) is 13.3. The Bertz CT molecular complexity index is 5420. The minimum atomic E-state index is -0.207. The van der Waals surface area contributed by atoms with E-state index in [1.807, 2.05) is 221 Å². The number of guanidine groups is 14. The summed E-state index contributed by atoms with van der Waals surface area (Å²) < 4.78 is 0. The van der Waals surface area contributed by atoms with Crippen molar-refractivity contribution in [2.24, 2.45) is 81.4 Å². The molecule has 0 saturated carbocycles. The first-order chi connectivity index (χ1) is 63.3. The van der Waals surface area contributed by atoms with Gasteiger partial charge in [-0.15, -0.1) is 0 Å². The fourth-order valence-corrected chi connectivity index (χ4v) is 13.3. The predicted molar refractivity (Wildman–Crippen MR) is 560 cm³/mol. The van der Waals surface area contributed by atoms with Crippen LogP contribution >= 0.6 is 104 Å². The topological polar surface area (TPSA) is 427 Å². The molecule has 7 aromatic carbocycles. The molecule has 714 valence electrons. The third kappa shape index (κ3) is 40.8. The zero-order chi connectivity index (χ0) is 96.8. The van der Waals surface area contributed by atoms with E-state index < -0.39 is 0 Å². The molecule has 0 bridgehead atoms. The van der Waals surface area contributed by atoms with Crippen molar-refractivity contribution in [1.82, 2.24) is 89.1 Å². The third-order valence-electron chi connectivity index (χ3n) is 17.8. The van der Waals surface area contributed by atoms with Gasteiger partial charge in [-0.05, 0) is 214 Å². The maximum atomic E-state index is 5.97. The lowest BCUT2D eigenvalue weighted by atomic mass is 10.1. The van der Waals surface area contributed by atoms with E-state index >= 15 is 0 Å². The molecule has 7 aliphatic heterocycles. The van der Waals surface area contributed by atoms with Gasteiger partial charge in [-0.3, -0.25) is 47.2 Å². The van der Waals surface area contributed by atoms with Crippen molar-refractivity contribution in [3.8, 4) is 0 Å². The number of halogens is 9. The monoisotopic (exact) mass is 1990 g/mol. The number of nitrogens with one attached hydrogen (secondary N) is 16. The summed E-state index contributed by atoms with van der Waals surface area (Å²) in [6.45, 7) is 25.0. The lowest BCUT2D eigenvalue weighted by Crippen LogP contribution is -2.55. The first kappa shape index (κ1) is 107. The lowest BCUT2D eigenvalue weighted by Gasteiger charge is -2.26. The zero-order valence-electron chi connectivity index (χ0n) is 77.3. The first-order valence-electron chi connectivity index (χ1n) is 42.6. The Labute approximate surface area is 824 Å². The van der Waals surface area contributed by atoms with E-state index in [-0.39, 0.29) is 43.2 Å². The van der Waals surface area contributed by atoms with E-state index in [1.54, 1.807) is 30.3 Å². The van der Waals surface area contributed by atoms with Crippen molar-refractivity contribution in [3.63, 3.8) is 0 Å². The smallest absolute Gasteiger partial charge is 0.204 e. The molecule has 14 rings (SSSR count). The van der Waals surface area contributed by atoms with Crippen LogP contribution in [0.3, 0.4) is 0 Å². The van der Waals surface area contributed by atoms with Crippen LogP contribution in [0, 0.1) is 0 Å². The molecule has 7 atom stereocenters. The maximum absolute atomic E-state index is 5.97. The van der Waals surface area contributed by atoms with E-state index in [4.69, 9.17) is 116 Å². The molecule has 7 aromatic rings. The summed E-state index contributed by atoms with van der Waals surface area (Å²) >= 11 is 53.1. The maximum Gasteiger partial charge on any atom is 0.204 e. The van der Waals surface area contributed by atoms with Crippen LogP contribution in [0.5, 0.6) is 0 Å². The van der Waals surface area contributed by atoms with Crippen LogP contribution in [-0.4, -0.2) is 209 Å². The fourth-order valence-electron chi connectivity index (χ4n) is 11.8. The highest BCUT2D eigenvalue weighted by Gasteiger charge is 2.22. The Morgan fingerprint density at radius 2 is 0.677 bits per heavy atom. The molecular weight excluding hydrogens is 1880 g/mol. The van der Waals surface area contributed by atoms with Crippen LogP contribution in [0.2, 0.25) is 45.2 Å². The van der Waals surface area contributed by atoms with Gasteiger partial charge >= 0.3 is 0 Å². The summed E-state index contributed by atoms with van der Waals surface area (Å²) in [4.78, 5) is 67.0. The van der Waals surface area contributed by atoms with E-state index in [9.17, 15) is 0 Å². The summed E-state index contributed by atoms with van der Waals surface area (Å²) in [5, 5.41) is 55.7. The Morgan fingerprint density at radius 3 is 1.11 bits per heavy atom. The molecule has 133 heavy (non-hydrogen) atoms. The number of aliphatic imine (C=N–C) groups is 14. The van der Waals surface area contributed by atoms with Gasteiger partial charge in [0.05, 0.1) is 39.7 Å². The van der Waals surface area contributed by atoms with Gasteiger partial charge in [0.25, 0.3) is 0 Å². The molecule has 0 spiro atoms. The summed E-state index contributed by atoms with van der Waals surface area (Å²) in [6, 6.07) is 49.9. The molecule has 20 N–H and O–H groups in total. The van der Waals surface area contributed by atoms with Gasteiger partial charge in [0.1, 0.15) is 43.2 Å². The van der Waals surface area contributed by atoms with E-state index in [0.29, 0.717) is 99.7 Å². The molecule has 0 aromatic heterocycles. The van der Waals surface area contributed by atoms with Crippen molar-refractivity contribution in [3.05, 3.63) is 231 Å². The molecule has 0 saturated heterocycles. The number of nitrogens with two attached hydrogens (primary N) is 2. The molecule has 0 amide bonds. The minimum Gasteiger partial charge on any atom is -0.370 e. The van der Waals surface area contributed by atoms with E-state index in [0.717, 1.165) is 115 Å². The second-order valence-electron chi connectivity index (χ2n) is 31.4. The number of nitrogens with zero attached hydrogens (tertiary/aromatic N) is 17. The van der Waals surface area contributed by atoms with Gasteiger partial charge in [-0.1, -0.05) is 165 Å². The molecule has 35 nitrogen and oxygen atoms in total. The Morgan fingerprint density at radius 1 is 0.316 bits per heavy atom. The highest BCUT2D eigenvalue weighted by molar-refractivity contribution is 6.42. The van der Waals surface area contributed by atoms with Gasteiger partial charge in [0.2, 0.25) is 29.8 Å². The molecule has 7 heterocycles. The fraction of sp³-hybridized carbons (Fsp3) is 0.371. The highest BCUT2D eigenvalue weighted by Crippen LogP contribution is 2.27. The molecule has 0 aliphatic carbocycles. The molecule has 7 unspecified atom stereocenters. The number of anilines is 2. The molecule has 0 radical (unpaired) electrons. The second kappa shape index (κ2) is 54.5. The average Bonchev–Trinajstić information content (AvgIpc) is 0.835. The largest absolute Gasteiger partial charge is 0.370 e. The first-order valence-corrected chi connectivity index (χ1v) is 46.0. The van der Waals surface area contributed by atoms with Crippen LogP contribution in [0.25, 0.3) is 0 Å². The van der Waals surface area contributed by atoms with Crippen molar-refractivity contribution < 1.29 is 0 Å². The van der Waals surface area contributed by atoms with Crippen LogP contribution in [-0.2, 0) is 32.5 Å². The number of hydrogen-bond acceptors (Lipinski definition) is 25. The SMILES string of the molecule is CC(C)NC1=NC(C)NC(=NCCc2cccc(Cl)c2)N1.CC(C)NC1=NC(C)NC(=NCc2ccc(Cl)cc2)N1.CC1N=C(N(C)C)NC(=NCCc2cccc(Cl)c2)N1.CC1N=C(N(C)C)NC(=NCc2ccc(Cl)cc2)N1.CC1N=C(N)NC(=NCc2ccc(Cl)c(Cl)c2)N1.CC1N=C(N)NC(Nc2ccc(Cl)c(Cl)c2)=N1.CC1N=C(Nc2cccc(Cl)c2)NC(N(C)C)=N1. The van der Waals surface area contributed by atoms with Gasteiger partial charge in [-0.2, -0.15) is 0 Å². The highest BCUT2D eigenvalue weighted by atomic mass is 35.5. The standard InChI is InChI=1S/C15H22ClN5.2C14H20ClN5.C13H18ClN5.C12H16ClN5.C11H13Cl2N5.C10H11Cl2N5/c1-10(2)18-15-20-11(3)19-14(21-15)17-8-7-12-5-4-6-13(16)9-12;1-9(2)17-14-19-10(3)18-13(20-14)16-8-11-4-6-12(15)7-5-11;1-10-17-13(19-14(18-10)20(2)3)16-8-7-11-5-4-6-12(15)9-11;1-9-16-12(18-13(17-9)19(2)3)15-8-10-4-6-11(14)7-5-10;1-8-14-11(17-12(15-8)18(2)3)16-10-6-4-5-9(13)7-10;1-6-16-10(14)18-11(17-6)15-5-7-2-3-8(12)9(13)4-7;1-5-14-9(13)17-10(15-5)16-6-2-3-7(11)8(12)4-6/h4-6,9-11H,7-8H2,1-3H3,(H3,17,18,19,20,21);4-7,9-10H,8H2,1-3H3,(H3,16,17,18,19,20);4-6,9-10H,7-8H2,1-3H3,(H2,16,17,18,19);4-7,9H,8H2,1-3H3,(H2,15,16,17,18);4-8H,1-3H3,(H2,14,15,16,17);2-4,6H,5H2,1H3,(H4,14,15,16,17,18);2-5H,1H3,(H4,13,14,15,16,17). The number of rotatable bonds is 16. The summed E-state index contributed by atoms with van der Waals surface area (Å²) in [6.07, 6.45) is 1.37. The van der Waals surface area contributed by atoms with Crippen LogP contribution < -0.4 is 96.5 Å². The average molecular weight is 2000 g/mol. The quantitative estimate of drug-likeness (QED) is 0.0427. The van der Waals surface area contributed by atoms with Crippen molar-refractivity contribution in [2.45, 2.75) is 164 Å². The minimum absolute atomic E-state index is 0.00136. The van der Waals surface area contributed by atoms with Crippen molar-refractivity contribution >= 4 is 199 Å². The van der Waals surface area contributed by atoms with E-state index in [1.165, 1.54) is 11.1 Å². The molecule has 7 aliphatic rings. The third-order valence-corrected chi connectivity index (χ3v) is 20.5. The molecule has 0 fully saturated rings. The Kier molecular flexibility index (Phi) is 43.7. The summed E-state index contributed by atoms with van der Waals surface area (Å²) in [7, 11) is 11.7. The Balaban J connectivity index is 0.000000191. The van der Waals surface area contributed by atoms with Gasteiger partial charge in [0.15, 0.2) is 53.6 Å². The van der Waals surface area contributed by atoms with Crippen molar-refractivity contribution in [1.29, 1.82) is 0 Å². The van der Waals surface area contributed by atoms with Gasteiger partial charge in [0, 0.05) is 104 Å². The van der Waals surface area contributed by atoms with Gasteiger partial charge in [-0.25, -0.2) is 59.9 Å². The number of hydrogen-bond donors (Lipinski definition) is 18. The summed E-state index contributed by atoms with van der Waals surface area (Å²) in [5.74, 6) is 9.38. The summed E-state index contributed by atoms with van der Waals surface area (Å²) in [5.41, 5.74) is 18.4.